The van der Waals surface area contributed by atoms with E-state index in [9.17, 15) is 0 Å². The highest BCUT2D eigenvalue weighted by Gasteiger charge is 2.20. The number of hydrogen-bond acceptors (Lipinski definition) is 3. The topological polar surface area (TPSA) is 47.5 Å². The van der Waals surface area contributed by atoms with Crippen molar-refractivity contribution in [3.05, 3.63) is 164 Å². The fraction of sp³-hybridized carbons (Fsp3) is 0. The largest absolute Gasteiger partial charge is 0.307 e. The Morgan fingerprint density at radius 3 is 1.30 bits per heavy atom. The third kappa shape index (κ3) is 3.80. The Hall–Kier alpha value is -6.85. The normalized spacial score (nSPS) is 12.0. The van der Waals surface area contributed by atoms with E-state index in [0.717, 1.165) is 33.2 Å². The fourth-order valence-electron chi connectivity index (χ4n) is 7.94. The Morgan fingerprint density at radius 2 is 0.700 bits per heavy atom. The molecule has 0 aliphatic carbocycles. The van der Waals surface area contributed by atoms with E-state index in [-0.39, 0.29) is 0 Å². The lowest BCUT2D eigenvalue weighted by Gasteiger charge is -2.11. The Labute approximate surface area is 286 Å². The molecule has 50 heavy (non-hydrogen) atoms. The van der Waals surface area contributed by atoms with Gasteiger partial charge < -0.3 is 8.80 Å². The van der Waals surface area contributed by atoms with Crippen molar-refractivity contribution in [1.82, 2.24) is 23.8 Å². The molecule has 4 aromatic heterocycles. The van der Waals surface area contributed by atoms with E-state index < -0.39 is 0 Å². The minimum Gasteiger partial charge on any atom is -0.307 e. The number of para-hydroxylation sites is 4. The molecule has 4 heterocycles. The van der Waals surface area contributed by atoms with Crippen LogP contribution in [0, 0.1) is 0 Å². The summed E-state index contributed by atoms with van der Waals surface area (Å²) in [5.41, 5.74) is 9.86. The molecule has 0 aliphatic heterocycles. The molecule has 5 heteroatoms. The molecular weight excluding hydrogens is 611 g/mol. The lowest BCUT2D eigenvalue weighted by molar-refractivity contribution is 1.07. The highest BCUT2D eigenvalue weighted by molar-refractivity contribution is 6.23. The maximum atomic E-state index is 5.07. The summed E-state index contributed by atoms with van der Waals surface area (Å²) in [7, 11) is 0. The Bertz CT molecular complexity index is 3080. The van der Waals surface area contributed by atoms with Crippen molar-refractivity contribution in [2.24, 2.45) is 0 Å². The molecule has 11 rings (SSSR count). The van der Waals surface area contributed by atoms with Gasteiger partial charge in [0, 0.05) is 49.0 Å². The number of rotatable bonds is 3. The Kier molecular flexibility index (Phi) is 5.60. The van der Waals surface area contributed by atoms with Gasteiger partial charge in [-0.25, -0.2) is 15.0 Å². The van der Waals surface area contributed by atoms with Gasteiger partial charge in [0.25, 0.3) is 0 Å². The standard InChI is InChI=1S/C45H27N5/c1-3-13-28(14-4-1)43-46-44(29-15-5-2-6-16-29)48-45(47-43)30-25-26-33-36-21-12-24-39-42(36)50(40(33)27-30)38-23-10-8-18-32(38)35-20-11-19-34-31-17-7-9-22-37(31)49(39)41(34)35/h1-27H. The highest BCUT2D eigenvalue weighted by Crippen LogP contribution is 2.41. The van der Waals surface area contributed by atoms with Gasteiger partial charge in [-0.3, -0.25) is 0 Å². The van der Waals surface area contributed by atoms with E-state index in [1.54, 1.807) is 0 Å². The van der Waals surface area contributed by atoms with Crippen molar-refractivity contribution >= 4 is 65.4 Å². The van der Waals surface area contributed by atoms with Crippen molar-refractivity contribution in [1.29, 1.82) is 0 Å². The summed E-state index contributed by atoms with van der Waals surface area (Å²) in [6.07, 6.45) is 0. The van der Waals surface area contributed by atoms with E-state index in [1.165, 1.54) is 48.9 Å². The van der Waals surface area contributed by atoms with Gasteiger partial charge in [-0.1, -0.05) is 140 Å². The highest BCUT2D eigenvalue weighted by atomic mass is 15.0. The van der Waals surface area contributed by atoms with Gasteiger partial charge in [-0.15, -0.1) is 0 Å². The molecule has 0 unspecified atom stereocenters. The quantitative estimate of drug-likeness (QED) is 0.194. The molecule has 0 radical (unpaired) electrons. The molecule has 0 bridgehead atoms. The van der Waals surface area contributed by atoms with E-state index in [2.05, 4.69) is 112 Å². The van der Waals surface area contributed by atoms with Gasteiger partial charge in [0.1, 0.15) is 0 Å². The molecule has 0 saturated heterocycles. The van der Waals surface area contributed by atoms with Crippen molar-refractivity contribution in [3.8, 4) is 34.2 Å². The zero-order valence-corrected chi connectivity index (χ0v) is 26.8. The molecule has 0 saturated carbocycles. The summed E-state index contributed by atoms with van der Waals surface area (Å²) in [5, 5.41) is 7.31. The zero-order valence-electron chi connectivity index (χ0n) is 26.8. The van der Waals surface area contributed by atoms with Gasteiger partial charge in [-0.2, -0.15) is 0 Å². The van der Waals surface area contributed by atoms with Crippen molar-refractivity contribution in [2.75, 3.05) is 0 Å². The van der Waals surface area contributed by atoms with Gasteiger partial charge in [0.05, 0.1) is 33.1 Å². The van der Waals surface area contributed by atoms with Crippen LogP contribution in [-0.2, 0) is 0 Å². The van der Waals surface area contributed by atoms with Crippen LogP contribution in [0.4, 0.5) is 0 Å². The third-order valence-corrected chi connectivity index (χ3v) is 10.1. The number of aromatic nitrogens is 5. The predicted molar refractivity (Wildman–Crippen MR) is 206 cm³/mol. The second kappa shape index (κ2) is 10.3. The molecule has 0 N–H and O–H groups in total. The van der Waals surface area contributed by atoms with Crippen LogP contribution in [0.25, 0.3) is 99.6 Å². The Balaban J connectivity index is 1.30. The van der Waals surface area contributed by atoms with Crippen molar-refractivity contribution in [2.45, 2.75) is 0 Å². The Morgan fingerprint density at radius 1 is 0.280 bits per heavy atom. The number of benzene rings is 7. The molecular formula is C45H27N5. The van der Waals surface area contributed by atoms with Crippen LogP contribution in [0.2, 0.25) is 0 Å². The maximum Gasteiger partial charge on any atom is 0.164 e. The van der Waals surface area contributed by atoms with Crippen molar-refractivity contribution in [3.63, 3.8) is 0 Å². The third-order valence-electron chi connectivity index (χ3n) is 10.1. The smallest absolute Gasteiger partial charge is 0.164 e. The maximum absolute atomic E-state index is 5.07. The van der Waals surface area contributed by atoms with Gasteiger partial charge >= 0.3 is 0 Å². The number of fused-ring (bicyclic) bond motifs is 10. The van der Waals surface area contributed by atoms with Gasteiger partial charge in [0.15, 0.2) is 17.5 Å². The summed E-state index contributed by atoms with van der Waals surface area (Å²) in [6.45, 7) is 0. The molecule has 0 aliphatic rings. The first-order valence-electron chi connectivity index (χ1n) is 16.9. The number of nitrogens with zero attached hydrogens (tertiary/aromatic N) is 5. The lowest BCUT2D eigenvalue weighted by atomic mass is 10.1. The fourth-order valence-corrected chi connectivity index (χ4v) is 7.94. The van der Waals surface area contributed by atoms with Gasteiger partial charge in [-0.05, 0) is 24.3 Å². The monoisotopic (exact) mass is 637 g/mol. The van der Waals surface area contributed by atoms with Crippen LogP contribution in [0.15, 0.2) is 164 Å². The van der Waals surface area contributed by atoms with Crippen LogP contribution < -0.4 is 0 Å². The first kappa shape index (κ1) is 27.1. The zero-order chi connectivity index (χ0) is 32.8. The molecule has 232 valence electrons. The van der Waals surface area contributed by atoms with Crippen molar-refractivity contribution < 1.29 is 0 Å². The van der Waals surface area contributed by atoms with Crippen LogP contribution in [0.5, 0.6) is 0 Å². The predicted octanol–water partition coefficient (Wildman–Crippen LogP) is 11.1. The molecule has 5 nitrogen and oxygen atoms in total. The van der Waals surface area contributed by atoms with Crippen LogP contribution in [0.1, 0.15) is 0 Å². The van der Waals surface area contributed by atoms with E-state index >= 15 is 0 Å². The summed E-state index contributed by atoms with van der Waals surface area (Å²) in [6, 6.07) is 57.9. The van der Waals surface area contributed by atoms with Crippen LogP contribution in [0.3, 0.4) is 0 Å². The average Bonchev–Trinajstić information content (AvgIpc) is 3.70. The summed E-state index contributed by atoms with van der Waals surface area (Å²) in [5.74, 6) is 1.94. The SMILES string of the molecule is c1ccc(-c2nc(-c3ccccc3)nc(-c3ccc4c5cccc6c5n(c5ccccc5c5cccc7c8ccccc8n6c75)c4c3)n2)cc1. The number of hydrogen-bond donors (Lipinski definition) is 0. The molecule has 0 spiro atoms. The molecule has 7 aromatic carbocycles. The molecule has 11 aromatic rings. The lowest BCUT2D eigenvalue weighted by Crippen LogP contribution is -2.00. The summed E-state index contributed by atoms with van der Waals surface area (Å²) < 4.78 is 4.92. The second-order valence-electron chi connectivity index (χ2n) is 12.9. The minimum absolute atomic E-state index is 0.639. The average molecular weight is 638 g/mol. The summed E-state index contributed by atoms with van der Waals surface area (Å²) in [4.78, 5) is 15.1. The minimum atomic E-state index is 0.639. The van der Waals surface area contributed by atoms with Crippen LogP contribution >= 0.6 is 0 Å². The van der Waals surface area contributed by atoms with E-state index in [1.807, 2.05) is 60.7 Å². The van der Waals surface area contributed by atoms with Crippen LogP contribution in [-0.4, -0.2) is 23.8 Å². The first-order chi connectivity index (χ1) is 24.8. The summed E-state index contributed by atoms with van der Waals surface area (Å²) >= 11 is 0. The molecule has 0 amide bonds. The van der Waals surface area contributed by atoms with E-state index in [4.69, 9.17) is 15.0 Å². The molecule has 0 atom stereocenters. The second-order valence-corrected chi connectivity index (χ2v) is 12.9. The first-order valence-corrected chi connectivity index (χ1v) is 16.9. The molecule has 0 fully saturated rings. The van der Waals surface area contributed by atoms with Gasteiger partial charge in [0.2, 0.25) is 0 Å². The van der Waals surface area contributed by atoms with E-state index in [0.29, 0.717) is 17.5 Å².